The van der Waals surface area contributed by atoms with Gasteiger partial charge in [0.05, 0.1) is 41.4 Å². The van der Waals surface area contributed by atoms with Crippen LogP contribution in [0, 0.1) is 41.4 Å². The highest BCUT2D eigenvalue weighted by molar-refractivity contribution is 7.15. The van der Waals surface area contributed by atoms with Crippen molar-refractivity contribution < 1.29 is 29.3 Å². The van der Waals surface area contributed by atoms with Crippen molar-refractivity contribution in [3.05, 3.63) is 15.8 Å². The second-order valence-corrected chi connectivity index (χ2v) is 12.8. The first-order valence-corrected chi connectivity index (χ1v) is 15.0. The summed E-state index contributed by atoms with van der Waals surface area (Å²) in [5, 5.41) is 21.0. The summed E-state index contributed by atoms with van der Waals surface area (Å²) in [6.07, 6.45) is 11.2. The van der Waals surface area contributed by atoms with Crippen molar-refractivity contribution in [2.75, 3.05) is 18.1 Å². The number of carboxylic acid groups (broad SMARTS) is 1. The number of aliphatic hydroxyl groups excluding tert-OH is 1. The first-order chi connectivity index (χ1) is 18.6. The Balaban J connectivity index is 1.63. The minimum atomic E-state index is -1.08. The van der Waals surface area contributed by atoms with E-state index in [1.807, 2.05) is 0 Å². The summed E-state index contributed by atoms with van der Waals surface area (Å²) in [4.78, 5) is 28.9. The van der Waals surface area contributed by atoms with Crippen LogP contribution in [-0.2, 0) is 14.3 Å². The molecule has 1 saturated heterocycles. The number of aliphatic hydroxyl groups is 1. The van der Waals surface area contributed by atoms with Gasteiger partial charge in [0.15, 0.2) is 0 Å². The minimum absolute atomic E-state index is 0.0517. The summed E-state index contributed by atoms with van der Waals surface area (Å²) in [6, 6.07) is 1.57. The molecule has 0 spiro atoms. The molecule has 0 aromatic carbocycles. The molecule has 8 heteroatoms. The van der Waals surface area contributed by atoms with Gasteiger partial charge in [-0.1, -0.05) is 18.8 Å². The fraction of sp³-hybridized carbons (Fsp3) is 0.677. The number of thiophene rings is 1. The summed E-state index contributed by atoms with van der Waals surface area (Å²) in [5.41, 5.74) is 0.182. The molecule has 7 nitrogen and oxygen atoms in total. The molecule has 1 amide bonds. The smallest absolute Gasteiger partial charge is 0.348 e. The molecule has 4 rings (SSSR count). The predicted molar refractivity (Wildman–Crippen MR) is 152 cm³/mol. The van der Waals surface area contributed by atoms with E-state index in [4.69, 9.17) is 15.9 Å². The van der Waals surface area contributed by atoms with Gasteiger partial charge in [0, 0.05) is 24.0 Å². The number of nitrogens with zero attached hydrogens (tertiary/aromatic N) is 1. The van der Waals surface area contributed by atoms with Crippen molar-refractivity contribution in [2.45, 2.75) is 103 Å². The Morgan fingerprint density at radius 3 is 2.51 bits per heavy atom. The molecule has 0 radical (unpaired) electrons. The lowest BCUT2D eigenvalue weighted by Crippen LogP contribution is -2.50. The van der Waals surface area contributed by atoms with Gasteiger partial charge in [-0.2, -0.15) is 0 Å². The number of rotatable bonds is 7. The second-order valence-electron chi connectivity index (χ2n) is 11.7. The molecule has 39 heavy (non-hydrogen) atoms. The van der Waals surface area contributed by atoms with E-state index < -0.39 is 18.0 Å². The van der Waals surface area contributed by atoms with Gasteiger partial charge in [-0.25, -0.2) is 4.79 Å². The zero-order valence-corrected chi connectivity index (χ0v) is 24.1. The second kappa shape index (κ2) is 12.9. The number of aromatic carboxylic acids is 1. The van der Waals surface area contributed by atoms with E-state index in [-0.39, 0.29) is 40.4 Å². The first kappa shape index (κ1) is 29.6. The van der Waals surface area contributed by atoms with E-state index in [2.05, 4.69) is 38.5 Å². The average Bonchev–Trinajstić information content (AvgIpc) is 3.59. The van der Waals surface area contributed by atoms with Crippen molar-refractivity contribution in [2.24, 2.45) is 17.3 Å². The molecular weight excluding hydrogens is 514 g/mol. The van der Waals surface area contributed by atoms with Crippen molar-refractivity contribution in [1.82, 2.24) is 0 Å². The molecule has 1 aromatic rings. The Morgan fingerprint density at radius 2 is 1.92 bits per heavy atom. The normalized spacial score (nSPS) is 29.2. The van der Waals surface area contributed by atoms with E-state index >= 15 is 0 Å². The third kappa shape index (κ3) is 7.24. The number of carboxylic acids is 1. The summed E-state index contributed by atoms with van der Waals surface area (Å²) >= 11 is 1.11. The predicted octanol–water partition coefficient (Wildman–Crippen LogP) is 5.09. The van der Waals surface area contributed by atoms with Crippen molar-refractivity contribution in [3.8, 4) is 24.2 Å². The Hall–Kier alpha value is -2.36. The van der Waals surface area contributed by atoms with Crippen LogP contribution in [-0.4, -0.2) is 59.7 Å². The van der Waals surface area contributed by atoms with Gasteiger partial charge < -0.3 is 24.6 Å². The molecule has 4 unspecified atom stereocenters. The van der Waals surface area contributed by atoms with Crippen LogP contribution in [0.3, 0.4) is 0 Å². The van der Waals surface area contributed by atoms with Crippen LogP contribution in [0.4, 0.5) is 5.69 Å². The molecule has 212 valence electrons. The molecule has 1 aliphatic heterocycles. The number of hydrogen-bond donors (Lipinski definition) is 2. The highest BCUT2D eigenvalue weighted by Gasteiger charge is 2.41. The van der Waals surface area contributed by atoms with Gasteiger partial charge >= 0.3 is 5.97 Å². The third-order valence-corrected chi connectivity index (χ3v) is 9.49. The molecular formula is C31H41NO6S. The van der Waals surface area contributed by atoms with Crippen molar-refractivity contribution in [3.63, 3.8) is 0 Å². The molecule has 2 aliphatic carbocycles. The highest BCUT2D eigenvalue weighted by Crippen LogP contribution is 2.39. The fourth-order valence-corrected chi connectivity index (χ4v) is 6.53. The van der Waals surface area contributed by atoms with Crippen LogP contribution in [0.25, 0.3) is 0 Å². The molecule has 3 aliphatic rings. The Bertz CT molecular complexity index is 1130. The van der Waals surface area contributed by atoms with Crippen LogP contribution in [0.2, 0.25) is 0 Å². The van der Waals surface area contributed by atoms with E-state index in [1.165, 1.54) is 0 Å². The number of amides is 1. The maximum absolute atomic E-state index is 14.2. The number of terminal acetylenes is 1. The van der Waals surface area contributed by atoms with Gasteiger partial charge in [0.2, 0.25) is 5.91 Å². The van der Waals surface area contributed by atoms with Crippen molar-refractivity contribution >= 4 is 28.9 Å². The fourth-order valence-electron chi connectivity index (χ4n) is 5.69. The summed E-state index contributed by atoms with van der Waals surface area (Å²) in [6.45, 7) is 7.52. The molecule has 3 fully saturated rings. The maximum Gasteiger partial charge on any atom is 0.348 e. The number of carbonyl (C=O) groups excluding carboxylic acids is 1. The SMILES string of the molecule is C#CC1CCC(C(=O)N(c2cc(C#CC(C)(C)CC)sc2C(=O)O)C2CCC(OC3CCOC3)CC2)C(O)C1. The van der Waals surface area contributed by atoms with Crippen LogP contribution in [0.5, 0.6) is 0 Å². The summed E-state index contributed by atoms with van der Waals surface area (Å²) in [5.74, 6) is 7.16. The topological polar surface area (TPSA) is 96.3 Å². The molecule has 2 N–H and O–H groups in total. The average molecular weight is 556 g/mol. The quantitative estimate of drug-likeness (QED) is 0.455. The molecule has 2 heterocycles. The van der Waals surface area contributed by atoms with Gasteiger partial charge in [0.1, 0.15) is 4.88 Å². The summed E-state index contributed by atoms with van der Waals surface area (Å²) < 4.78 is 11.7. The monoisotopic (exact) mass is 555 g/mol. The lowest BCUT2D eigenvalue weighted by Gasteiger charge is -2.40. The Kier molecular flexibility index (Phi) is 9.78. The van der Waals surface area contributed by atoms with Crippen LogP contribution in [0.1, 0.15) is 93.1 Å². The zero-order valence-electron chi connectivity index (χ0n) is 23.3. The number of ether oxygens (including phenoxy) is 2. The standard InChI is InChI=1S/C31H41NO6S/c1-5-20-7-12-25(27(33)17-20)29(34)32(21-8-10-22(11-9-21)38-23-14-16-37-19-23)26-18-24(39-28(26)30(35)36)13-15-31(3,4)6-2/h1,18,20-23,25,27,33H,6-12,14,16-17,19H2,2-4H3,(H,35,36). The first-order valence-electron chi connectivity index (χ1n) is 14.2. The largest absolute Gasteiger partial charge is 0.477 e. The van der Waals surface area contributed by atoms with E-state index in [0.717, 1.165) is 43.6 Å². The van der Waals surface area contributed by atoms with Gasteiger partial charge in [-0.15, -0.1) is 23.7 Å². The van der Waals surface area contributed by atoms with Crippen LogP contribution in [0.15, 0.2) is 6.07 Å². The van der Waals surface area contributed by atoms with Gasteiger partial charge in [-0.3, -0.25) is 4.79 Å². The van der Waals surface area contributed by atoms with E-state index in [9.17, 15) is 19.8 Å². The van der Waals surface area contributed by atoms with Crippen molar-refractivity contribution in [1.29, 1.82) is 0 Å². The number of hydrogen-bond acceptors (Lipinski definition) is 6. The number of carbonyl (C=O) groups is 2. The van der Waals surface area contributed by atoms with Crippen LogP contribution < -0.4 is 4.90 Å². The van der Waals surface area contributed by atoms with Gasteiger partial charge in [0.25, 0.3) is 0 Å². The summed E-state index contributed by atoms with van der Waals surface area (Å²) in [7, 11) is 0. The zero-order chi connectivity index (χ0) is 28.2. The van der Waals surface area contributed by atoms with Gasteiger partial charge in [-0.05, 0) is 77.7 Å². The van der Waals surface area contributed by atoms with E-state index in [1.54, 1.807) is 11.0 Å². The van der Waals surface area contributed by atoms with Crippen LogP contribution >= 0.6 is 11.3 Å². The number of anilines is 1. The minimum Gasteiger partial charge on any atom is -0.477 e. The molecule has 1 aromatic heterocycles. The maximum atomic E-state index is 14.2. The molecule has 0 bridgehead atoms. The highest BCUT2D eigenvalue weighted by atomic mass is 32.1. The Labute approximate surface area is 236 Å². The lowest BCUT2D eigenvalue weighted by atomic mass is 9.79. The molecule has 2 saturated carbocycles. The van der Waals surface area contributed by atoms with E-state index in [0.29, 0.717) is 49.3 Å². The Morgan fingerprint density at radius 1 is 1.18 bits per heavy atom. The third-order valence-electron chi connectivity index (χ3n) is 8.46. The lowest BCUT2D eigenvalue weighted by molar-refractivity contribution is -0.128. The molecule has 4 atom stereocenters.